The second-order valence-corrected chi connectivity index (χ2v) is 5.26. The lowest BCUT2D eigenvalue weighted by Gasteiger charge is -2.18. The quantitative estimate of drug-likeness (QED) is 0.860. The molecule has 1 heterocycles. The van der Waals surface area contributed by atoms with Gasteiger partial charge in [-0.1, -0.05) is 11.6 Å². The van der Waals surface area contributed by atoms with Crippen molar-refractivity contribution in [2.45, 2.75) is 19.4 Å². The Kier molecular flexibility index (Phi) is 3.78. The van der Waals surface area contributed by atoms with E-state index in [0.717, 1.165) is 6.42 Å². The number of nitrogens with two attached hydrogens (primary N) is 1. The van der Waals surface area contributed by atoms with Gasteiger partial charge in [-0.15, -0.1) is 0 Å². The average molecular weight is 269 g/mol. The van der Waals surface area contributed by atoms with Crippen LogP contribution in [0.3, 0.4) is 0 Å². The number of phenolic OH excluding ortho intramolecular Hbond substituents is 1. The van der Waals surface area contributed by atoms with Gasteiger partial charge in [0.2, 0.25) is 0 Å². The number of carbonyl (C=O) groups is 1. The van der Waals surface area contributed by atoms with Crippen molar-refractivity contribution < 1.29 is 9.90 Å². The molecule has 0 aliphatic carbocycles. The summed E-state index contributed by atoms with van der Waals surface area (Å²) in [5.74, 6) is 0.104. The first-order valence-corrected chi connectivity index (χ1v) is 6.40. The fourth-order valence-electron chi connectivity index (χ4n) is 2.26. The second kappa shape index (κ2) is 5.16. The van der Waals surface area contributed by atoms with Crippen molar-refractivity contribution in [1.29, 1.82) is 0 Å². The van der Waals surface area contributed by atoms with Crippen LogP contribution in [-0.2, 0) is 0 Å². The summed E-state index contributed by atoms with van der Waals surface area (Å²) >= 11 is 5.74. The van der Waals surface area contributed by atoms with Gasteiger partial charge in [0.25, 0.3) is 5.91 Å². The Morgan fingerprint density at radius 1 is 1.61 bits per heavy atom. The van der Waals surface area contributed by atoms with E-state index in [1.165, 1.54) is 6.07 Å². The average Bonchev–Trinajstić information content (AvgIpc) is 2.77. The molecule has 98 valence electrons. The van der Waals surface area contributed by atoms with Crippen LogP contribution in [0, 0.1) is 5.92 Å². The lowest BCUT2D eigenvalue weighted by molar-refractivity contribution is 0.0783. The third-order valence-corrected chi connectivity index (χ3v) is 3.68. The molecule has 1 aromatic rings. The lowest BCUT2D eigenvalue weighted by Crippen LogP contribution is -2.33. The highest BCUT2D eigenvalue weighted by Crippen LogP contribution is 2.26. The summed E-state index contributed by atoms with van der Waals surface area (Å²) in [5, 5.41) is 10.2. The normalized spacial score (nSPS) is 21.1. The highest BCUT2D eigenvalue weighted by atomic mass is 35.5. The number of carbonyl (C=O) groups excluding carboxylic acids is 1. The van der Waals surface area contributed by atoms with Crippen LogP contribution in [0.25, 0.3) is 0 Å². The molecule has 5 heteroatoms. The van der Waals surface area contributed by atoms with Gasteiger partial charge in [-0.2, -0.15) is 0 Å². The van der Waals surface area contributed by atoms with E-state index in [1.54, 1.807) is 17.0 Å². The SMILES string of the molecule is CC(N)C1CCN(C(=O)c2ccc(Cl)cc2O)C1. The summed E-state index contributed by atoms with van der Waals surface area (Å²) in [4.78, 5) is 14.0. The van der Waals surface area contributed by atoms with Gasteiger partial charge in [-0.3, -0.25) is 4.79 Å². The van der Waals surface area contributed by atoms with Crippen LogP contribution in [-0.4, -0.2) is 35.0 Å². The first-order chi connectivity index (χ1) is 8.49. The minimum Gasteiger partial charge on any atom is -0.507 e. The van der Waals surface area contributed by atoms with E-state index in [1.807, 2.05) is 6.92 Å². The summed E-state index contributed by atoms with van der Waals surface area (Å²) in [6.45, 7) is 3.30. The minimum atomic E-state index is -0.160. The summed E-state index contributed by atoms with van der Waals surface area (Å²) in [7, 11) is 0. The number of likely N-dealkylation sites (tertiary alicyclic amines) is 1. The van der Waals surface area contributed by atoms with Gasteiger partial charge in [-0.05, 0) is 37.5 Å². The fraction of sp³-hybridized carbons (Fsp3) is 0.462. The molecule has 3 N–H and O–H groups in total. The number of nitrogens with zero attached hydrogens (tertiary/aromatic N) is 1. The highest BCUT2D eigenvalue weighted by molar-refractivity contribution is 6.30. The van der Waals surface area contributed by atoms with Crippen molar-refractivity contribution in [1.82, 2.24) is 4.90 Å². The smallest absolute Gasteiger partial charge is 0.257 e. The van der Waals surface area contributed by atoms with E-state index in [-0.39, 0.29) is 17.7 Å². The highest BCUT2D eigenvalue weighted by Gasteiger charge is 2.29. The van der Waals surface area contributed by atoms with Crippen molar-refractivity contribution in [2.75, 3.05) is 13.1 Å². The van der Waals surface area contributed by atoms with Gasteiger partial charge >= 0.3 is 0 Å². The summed E-state index contributed by atoms with van der Waals surface area (Å²) in [6.07, 6.45) is 0.914. The van der Waals surface area contributed by atoms with Crippen molar-refractivity contribution in [3.8, 4) is 5.75 Å². The van der Waals surface area contributed by atoms with Crippen LogP contribution in [0.4, 0.5) is 0 Å². The van der Waals surface area contributed by atoms with Crippen LogP contribution in [0.5, 0.6) is 5.75 Å². The van der Waals surface area contributed by atoms with Crippen molar-refractivity contribution in [2.24, 2.45) is 11.7 Å². The zero-order chi connectivity index (χ0) is 13.3. The Labute approximate surface area is 111 Å². The molecule has 1 aliphatic rings. The van der Waals surface area contributed by atoms with E-state index in [2.05, 4.69) is 0 Å². The molecule has 0 spiro atoms. The van der Waals surface area contributed by atoms with Gasteiger partial charge in [-0.25, -0.2) is 0 Å². The Balaban J connectivity index is 2.13. The standard InChI is InChI=1S/C13H17ClN2O2/c1-8(15)9-4-5-16(7-9)13(18)11-3-2-10(14)6-12(11)17/h2-3,6,8-9,17H,4-5,7,15H2,1H3. The zero-order valence-corrected chi connectivity index (χ0v) is 11.0. The maximum Gasteiger partial charge on any atom is 0.257 e. The van der Waals surface area contributed by atoms with Gasteiger partial charge in [0.05, 0.1) is 5.56 Å². The van der Waals surface area contributed by atoms with Crippen molar-refractivity contribution in [3.05, 3.63) is 28.8 Å². The molecular weight excluding hydrogens is 252 g/mol. The molecule has 0 saturated carbocycles. The van der Waals surface area contributed by atoms with Crippen LogP contribution in [0.2, 0.25) is 5.02 Å². The molecule has 0 aromatic heterocycles. The number of halogens is 1. The minimum absolute atomic E-state index is 0.0725. The van der Waals surface area contributed by atoms with Crippen LogP contribution in [0.1, 0.15) is 23.7 Å². The molecule has 2 atom stereocenters. The Hall–Kier alpha value is -1.26. The molecule has 4 nitrogen and oxygen atoms in total. The van der Waals surface area contributed by atoms with E-state index in [0.29, 0.717) is 29.6 Å². The monoisotopic (exact) mass is 268 g/mol. The van der Waals surface area contributed by atoms with Gasteiger partial charge in [0.15, 0.2) is 0 Å². The molecule has 1 fully saturated rings. The predicted molar refractivity (Wildman–Crippen MR) is 70.8 cm³/mol. The molecule has 1 aromatic carbocycles. The number of hydrogen-bond donors (Lipinski definition) is 2. The molecule has 2 unspecified atom stereocenters. The van der Waals surface area contributed by atoms with Crippen molar-refractivity contribution >= 4 is 17.5 Å². The van der Waals surface area contributed by atoms with Crippen LogP contribution in [0.15, 0.2) is 18.2 Å². The first kappa shape index (κ1) is 13.2. The van der Waals surface area contributed by atoms with E-state index in [4.69, 9.17) is 17.3 Å². The third-order valence-electron chi connectivity index (χ3n) is 3.45. The first-order valence-electron chi connectivity index (χ1n) is 6.02. The summed E-state index contributed by atoms with van der Waals surface area (Å²) < 4.78 is 0. The molecule has 1 saturated heterocycles. The number of benzene rings is 1. The maximum atomic E-state index is 12.2. The number of hydrogen-bond acceptors (Lipinski definition) is 3. The van der Waals surface area contributed by atoms with Crippen LogP contribution >= 0.6 is 11.6 Å². The Bertz CT molecular complexity index is 462. The predicted octanol–water partition coefficient (Wildman–Crippen LogP) is 1.85. The number of phenols is 1. The van der Waals surface area contributed by atoms with Gasteiger partial charge < -0.3 is 15.7 Å². The number of rotatable bonds is 2. The second-order valence-electron chi connectivity index (χ2n) is 4.82. The topological polar surface area (TPSA) is 66.6 Å². The fourth-order valence-corrected chi connectivity index (χ4v) is 2.42. The zero-order valence-electron chi connectivity index (χ0n) is 10.3. The molecule has 0 bridgehead atoms. The van der Waals surface area contributed by atoms with E-state index < -0.39 is 0 Å². The summed E-state index contributed by atoms with van der Waals surface area (Å²) in [6, 6.07) is 4.63. The van der Waals surface area contributed by atoms with Gasteiger partial charge in [0.1, 0.15) is 5.75 Å². The summed E-state index contributed by atoms with van der Waals surface area (Å²) in [5.41, 5.74) is 6.14. The molecule has 2 rings (SSSR count). The molecule has 18 heavy (non-hydrogen) atoms. The van der Waals surface area contributed by atoms with E-state index >= 15 is 0 Å². The third kappa shape index (κ3) is 2.60. The van der Waals surface area contributed by atoms with Crippen LogP contribution < -0.4 is 5.73 Å². The number of amides is 1. The Morgan fingerprint density at radius 3 is 2.89 bits per heavy atom. The van der Waals surface area contributed by atoms with Crippen molar-refractivity contribution in [3.63, 3.8) is 0 Å². The number of aromatic hydroxyl groups is 1. The molecule has 1 amide bonds. The lowest BCUT2D eigenvalue weighted by atomic mass is 10.0. The maximum absolute atomic E-state index is 12.2. The molecular formula is C13H17ClN2O2. The Morgan fingerprint density at radius 2 is 2.33 bits per heavy atom. The largest absolute Gasteiger partial charge is 0.507 e. The molecule has 1 aliphatic heterocycles. The van der Waals surface area contributed by atoms with Gasteiger partial charge in [0, 0.05) is 24.2 Å². The van der Waals surface area contributed by atoms with E-state index in [9.17, 15) is 9.90 Å². The molecule has 0 radical (unpaired) electrons.